The van der Waals surface area contributed by atoms with Gasteiger partial charge in [-0.2, -0.15) is 5.10 Å². The van der Waals surface area contributed by atoms with Crippen LogP contribution in [0.5, 0.6) is 0 Å². The SMILES string of the molecule is CC(=NNc1ccccc1[N+](=O)[O-])c1ccccc1. The fourth-order valence-electron chi connectivity index (χ4n) is 1.62. The van der Waals surface area contributed by atoms with Gasteiger partial charge in [-0.25, -0.2) is 0 Å². The number of nitro groups is 1. The van der Waals surface area contributed by atoms with E-state index >= 15 is 0 Å². The summed E-state index contributed by atoms with van der Waals surface area (Å²) in [5.41, 5.74) is 4.85. The normalized spacial score (nSPS) is 11.1. The number of nitrogens with zero attached hydrogens (tertiary/aromatic N) is 2. The van der Waals surface area contributed by atoms with Crippen LogP contribution in [0.15, 0.2) is 59.7 Å². The predicted molar refractivity (Wildman–Crippen MR) is 75.4 cm³/mol. The van der Waals surface area contributed by atoms with Gasteiger partial charge in [0.05, 0.1) is 10.6 Å². The maximum atomic E-state index is 10.9. The summed E-state index contributed by atoms with van der Waals surface area (Å²) in [5.74, 6) is 0. The Morgan fingerprint density at radius 3 is 2.42 bits per heavy atom. The Balaban J connectivity index is 2.21. The molecule has 1 N–H and O–H groups in total. The van der Waals surface area contributed by atoms with Crippen molar-refractivity contribution in [3.8, 4) is 0 Å². The van der Waals surface area contributed by atoms with Gasteiger partial charge in [-0.15, -0.1) is 0 Å². The van der Waals surface area contributed by atoms with E-state index in [0.717, 1.165) is 11.3 Å². The number of nitro benzene ring substituents is 1. The van der Waals surface area contributed by atoms with Crippen molar-refractivity contribution in [3.05, 3.63) is 70.3 Å². The average molecular weight is 255 g/mol. The highest BCUT2D eigenvalue weighted by atomic mass is 16.6. The summed E-state index contributed by atoms with van der Waals surface area (Å²) in [6.45, 7) is 1.84. The lowest BCUT2D eigenvalue weighted by molar-refractivity contribution is -0.384. The summed E-state index contributed by atoms with van der Waals surface area (Å²) < 4.78 is 0. The standard InChI is InChI=1S/C14H13N3O2/c1-11(12-7-3-2-4-8-12)15-16-13-9-5-6-10-14(13)17(18)19/h2-10,16H,1H3. The first-order chi connectivity index (χ1) is 9.18. The Morgan fingerprint density at radius 2 is 1.74 bits per heavy atom. The minimum Gasteiger partial charge on any atom is -0.271 e. The molecule has 0 heterocycles. The number of hydrogen-bond donors (Lipinski definition) is 1. The number of benzene rings is 2. The van der Waals surface area contributed by atoms with E-state index < -0.39 is 4.92 Å². The van der Waals surface area contributed by atoms with Crippen molar-refractivity contribution < 1.29 is 4.92 Å². The maximum absolute atomic E-state index is 10.9. The van der Waals surface area contributed by atoms with Gasteiger partial charge in [0.25, 0.3) is 5.69 Å². The summed E-state index contributed by atoms with van der Waals surface area (Å²) in [6.07, 6.45) is 0. The van der Waals surface area contributed by atoms with E-state index in [9.17, 15) is 10.1 Å². The molecule has 2 aromatic carbocycles. The molecule has 0 aliphatic carbocycles. The molecular weight excluding hydrogens is 242 g/mol. The molecular formula is C14H13N3O2. The zero-order valence-electron chi connectivity index (χ0n) is 10.4. The molecule has 0 aromatic heterocycles. The first kappa shape index (κ1) is 12.8. The Kier molecular flexibility index (Phi) is 3.87. The molecule has 2 aromatic rings. The number of rotatable bonds is 4. The van der Waals surface area contributed by atoms with E-state index in [1.165, 1.54) is 6.07 Å². The van der Waals surface area contributed by atoms with Crippen molar-refractivity contribution in [2.75, 3.05) is 5.43 Å². The molecule has 0 aliphatic rings. The molecule has 0 radical (unpaired) electrons. The minimum absolute atomic E-state index is 0.00658. The van der Waals surface area contributed by atoms with E-state index in [2.05, 4.69) is 10.5 Å². The van der Waals surface area contributed by atoms with Crippen molar-refractivity contribution in [3.63, 3.8) is 0 Å². The molecule has 0 unspecified atom stereocenters. The van der Waals surface area contributed by atoms with Crippen LogP contribution < -0.4 is 5.43 Å². The van der Waals surface area contributed by atoms with E-state index in [0.29, 0.717) is 5.69 Å². The van der Waals surface area contributed by atoms with Crippen molar-refractivity contribution in [1.29, 1.82) is 0 Å². The highest BCUT2D eigenvalue weighted by Crippen LogP contribution is 2.23. The zero-order valence-corrected chi connectivity index (χ0v) is 10.4. The predicted octanol–water partition coefficient (Wildman–Crippen LogP) is 3.43. The molecule has 2 rings (SSSR count). The first-order valence-electron chi connectivity index (χ1n) is 5.77. The molecule has 0 fully saturated rings. The number of hydrogen-bond acceptors (Lipinski definition) is 4. The number of para-hydroxylation sites is 2. The number of anilines is 1. The van der Waals surface area contributed by atoms with Crippen LogP contribution in [0, 0.1) is 10.1 Å². The molecule has 0 aliphatic heterocycles. The Bertz CT molecular complexity index is 609. The maximum Gasteiger partial charge on any atom is 0.294 e. The van der Waals surface area contributed by atoms with Gasteiger partial charge in [-0.3, -0.25) is 15.5 Å². The van der Waals surface area contributed by atoms with Crippen LogP contribution in [0.3, 0.4) is 0 Å². The topological polar surface area (TPSA) is 67.5 Å². The van der Waals surface area contributed by atoms with Crippen LogP contribution >= 0.6 is 0 Å². The molecule has 96 valence electrons. The van der Waals surface area contributed by atoms with Crippen molar-refractivity contribution in [2.24, 2.45) is 5.10 Å². The van der Waals surface area contributed by atoms with Crippen LogP contribution in [-0.4, -0.2) is 10.6 Å². The third kappa shape index (κ3) is 3.16. The summed E-state index contributed by atoms with van der Waals surface area (Å²) in [6, 6.07) is 16.0. The van der Waals surface area contributed by atoms with E-state index in [-0.39, 0.29) is 5.69 Å². The van der Waals surface area contributed by atoms with Gasteiger partial charge < -0.3 is 0 Å². The molecule has 0 amide bonds. The van der Waals surface area contributed by atoms with Gasteiger partial charge >= 0.3 is 0 Å². The number of hydrazone groups is 1. The van der Waals surface area contributed by atoms with Crippen LogP contribution in [-0.2, 0) is 0 Å². The van der Waals surface area contributed by atoms with Gasteiger partial charge in [0.15, 0.2) is 0 Å². The fourth-order valence-corrected chi connectivity index (χ4v) is 1.62. The summed E-state index contributed by atoms with van der Waals surface area (Å²) in [4.78, 5) is 10.4. The third-order valence-corrected chi connectivity index (χ3v) is 2.64. The lowest BCUT2D eigenvalue weighted by Gasteiger charge is -2.04. The van der Waals surface area contributed by atoms with Gasteiger partial charge in [0.2, 0.25) is 0 Å². The van der Waals surface area contributed by atoms with Crippen molar-refractivity contribution in [1.82, 2.24) is 0 Å². The molecule has 0 saturated carbocycles. The lowest BCUT2D eigenvalue weighted by Crippen LogP contribution is -2.01. The molecule has 0 atom stereocenters. The quantitative estimate of drug-likeness (QED) is 0.517. The van der Waals surface area contributed by atoms with E-state index in [4.69, 9.17) is 0 Å². The van der Waals surface area contributed by atoms with E-state index in [1.54, 1.807) is 18.2 Å². The van der Waals surface area contributed by atoms with E-state index in [1.807, 2.05) is 37.3 Å². The Hall–Kier alpha value is -2.69. The fraction of sp³-hybridized carbons (Fsp3) is 0.0714. The van der Waals surface area contributed by atoms with Crippen LogP contribution in [0.25, 0.3) is 0 Å². The third-order valence-electron chi connectivity index (χ3n) is 2.64. The second kappa shape index (κ2) is 5.77. The molecule has 0 bridgehead atoms. The Labute approximate surface area is 110 Å². The van der Waals surface area contributed by atoms with Crippen molar-refractivity contribution >= 4 is 17.1 Å². The lowest BCUT2D eigenvalue weighted by atomic mass is 10.1. The Morgan fingerprint density at radius 1 is 1.11 bits per heavy atom. The highest BCUT2D eigenvalue weighted by molar-refractivity contribution is 5.99. The second-order valence-corrected chi connectivity index (χ2v) is 3.95. The van der Waals surface area contributed by atoms with Crippen LogP contribution in [0.4, 0.5) is 11.4 Å². The van der Waals surface area contributed by atoms with Crippen LogP contribution in [0.2, 0.25) is 0 Å². The molecule has 0 spiro atoms. The van der Waals surface area contributed by atoms with Gasteiger partial charge in [0.1, 0.15) is 5.69 Å². The first-order valence-corrected chi connectivity index (χ1v) is 5.77. The zero-order chi connectivity index (χ0) is 13.7. The summed E-state index contributed by atoms with van der Waals surface area (Å²) in [5, 5.41) is 15.0. The summed E-state index contributed by atoms with van der Waals surface area (Å²) >= 11 is 0. The summed E-state index contributed by atoms with van der Waals surface area (Å²) in [7, 11) is 0. The van der Waals surface area contributed by atoms with Crippen molar-refractivity contribution in [2.45, 2.75) is 6.92 Å². The highest BCUT2D eigenvalue weighted by Gasteiger charge is 2.11. The molecule has 5 heteroatoms. The van der Waals surface area contributed by atoms with Crippen LogP contribution in [0.1, 0.15) is 12.5 Å². The van der Waals surface area contributed by atoms with Gasteiger partial charge in [-0.1, -0.05) is 42.5 Å². The minimum atomic E-state index is -0.435. The molecule has 0 saturated heterocycles. The van der Waals surface area contributed by atoms with Gasteiger partial charge in [0, 0.05) is 6.07 Å². The molecule has 19 heavy (non-hydrogen) atoms. The number of nitrogens with one attached hydrogen (secondary N) is 1. The second-order valence-electron chi connectivity index (χ2n) is 3.95. The smallest absolute Gasteiger partial charge is 0.271 e. The monoisotopic (exact) mass is 255 g/mol. The largest absolute Gasteiger partial charge is 0.294 e. The average Bonchev–Trinajstić information content (AvgIpc) is 2.46. The van der Waals surface area contributed by atoms with Gasteiger partial charge in [-0.05, 0) is 18.6 Å². The molecule has 5 nitrogen and oxygen atoms in total.